The molecule has 2 atom stereocenters. The molecule has 16 heavy (non-hydrogen) atoms. The molecule has 0 heterocycles. The Labute approximate surface area is 106 Å². The second-order valence-electron chi connectivity index (χ2n) is 3.56. The summed E-state index contributed by atoms with van der Waals surface area (Å²) in [7, 11) is 0. The van der Waals surface area contributed by atoms with E-state index in [0.717, 1.165) is 11.8 Å². The fourth-order valence-corrected chi connectivity index (χ4v) is 1.63. The average molecular weight is 228 g/mol. The van der Waals surface area contributed by atoms with E-state index in [9.17, 15) is 0 Å². The summed E-state index contributed by atoms with van der Waals surface area (Å²) in [4.78, 5) is 0. The lowest BCUT2D eigenvalue weighted by molar-refractivity contribution is 0.448. The van der Waals surface area contributed by atoms with Crippen molar-refractivity contribution in [2.45, 2.75) is 81.6 Å². The predicted octanol–water partition coefficient (Wildman–Crippen LogP) is 6.47. The molecule has 100 valence electrons. The van der Waals surface area contributed by atoms with Gasteiger partial charge in [0.15, 0.2) is 0 Å². The van der Waals surface area contributed by atoms with Gasteiger partial charge in [-0.05, 0) is 38.0 Å². The Bertz CT molecular complexity index is 133. The monoisotopic (exact) mass is 228 g/mol. The van der Waals surface area contributed by atoms with Crippen molar-refractivity contribution in [3.63, 3.8) is 0 Å². The Balaban J connectivity index is -0.000000245. The highest BCUT2D eigenvalue weighted by Gasteiger charge is 2.14. The van der Waals surface area contributed by atoms with E-state index in [2.05, 4.69) is 26.8 Å². The third-order valence-electron chi connectivity index (χ3n) is 2.77. The zero-order chi connectivity index (χ0) is 13.6. The zero-order valence-electron chi connectivity index (χ0n) is 13.4. The molecule has 0 nitrogen and oxygen atoms in total. The SMILES string of the molecule is CC.CC.CC.CCC1C=C(C)C(C)CC1. The van der Waals surface area contributed by atoms with Crippen molar-refractivity contribution in [2.75, 3.05) is 0 Å². The Kier molecular flexibility index (Phi) is 22.6. The summed E-state index contributed by atoms with van der Waals surface area (Å²) < 4.78 is 0. The van der Waals surface area contributed by atoms with Crippen molar-refractivity contribution < 1.29 is 0 Å². The van der Waals surface area contributed by atoms with Crippen LogP contribution in [0, 0.1) is 11.8 Å². The molecule has 0 aromatic rings. The second kappa shape index (κ2) is 17.1. The lowest BCUT2D eigenvalue weighted by Gasteiger charge is -2.23. The molecule has 0 aromatic carbocycles. The second-order valence-corrected chi connectivity index (χ2v) is 3.56. The molecule has 0 bridgehead atoms. The molecule has 0 saturated heterocycles. The van der Waals surface area contributed by atoms with E-state index in [1.807, 2.05) is 41.5 Å². The van der Waals surface area contributed by atoms with Gasteiger partial charge in [-0.2, -0.15) is 0 Å². The topological polar surface area (TPSA) is 0 Å². The van der Waals surface area contributed by atoms with Crippen LogP contribution in [0.15, 0.2) is 11.6 Å². The van der Waals surface area contributed by atoms with Crippen LogP contribution in [0.4, 0.5) is 0 Å². The Morgan fingerprint density at radius 3 is 1.75 bits per heavy atom. The molecule has 0 aliphatic heterocycles. The van der Waals surface area contributed by atoms with E-state index in [-0.39, 0.29) is 0 Å². The summed E-state index contributed by atoms with van der Waals surface area (Å²) in [6.07, 6.45) is 6.61. The Morgan fingerprint density at radius 1 is 1.00 bits per heavy atom. The van der Waals surface area contributed by atoms with Gasteiger partial charge in [0, 0.05) is 0 Å². The van der Waals surface area contributed by atoms with Gasteiger partial charge in [0.1, 0.15) is 0 Å². The molecule has 1 rings (SSSR count). The molecular formula is C16H36. The van der Waals surface area contributed by atoms with Crippen molar-refractivity contribution in [3.05, 3.63) is 11.6 Å². The number of allylic oxidation sites excluding steroid dienone is 2. The van der Waals surface area contributed by atoms with Gasteiger partial charge in [-0.25, -0.2) is 0 Å². The summed E-state index contributed by atoms with van der Waals surface area (Å²) in [6, 6.07) is 0. The van der Waals surface area contributed by atoms with Gasteiger partial charge in [-0.15, -0.1) is 0 Å². The summed E-state index contributed by atoms with van der Waals surface area (Å²) in [5.74, 6) is 1.74. The third kappa shape index (κ3) is 10.3. The summed E-state index contributed by atoms with van der Waals surface area (Å²) >= 11 is 0. The minimum absolute atomic E-state index is 0.850. The molecule has 0 spiro atoms. The number of rotatable bonds is 1. The van der Waals surface area contributed by atoms with E-state index < -0.39 is 0 Å². The van der Waals surface area contributed by atoms with Gasteiger partial charge in [0.2, 0.25) is 0 Å². The fraction of sp³-hybridized carbons (Fsp3) is 0.875. The smallest absolute Gasteiger partial charge is 0.0233 e. The van der Waals surface area contributed by atoms with Gasteiger partial charge in [0.25, 0.3) is 0 Å². The lowest BCUT2D eigenvalue weighted by atomic mass is 9.83. The molecular weight excluding hydrogens is 192 g/mol. The maximum atomic E-state index is 2.47. The average Bonchev–Trinajstić information content (AvgIpc) is 2.40. The van der Waals surface area contributed by atoms with Crippen LogP contribution in [0.25, 0.3) is 0 Å². The van der Waals surface area contributed by atoms with E-state index in [4.69, 9.17) is 0 Å². The van der Waals surface area contributed by atoms with E-state index in [1.54, 1.807) is 5.57 Å². The first-order valence-electron chi connectivity index (χ1n) is 7.42. The molecule has 1 aliphatic rings. The Morgan fingerprint density at radius 2 is 1.44 bits per heavy atom. The maximum absolute atomic E-state index is 2.47. The first-order valence-corrected chi connectivity index (χ1v) is 7.42. The molecule has 0 fully saturated rings. The molecule has 0 amide bonds. The molecule has 0 radical (unpaired) electrons. The Hall–Kier alpha value is -0.260. The molecule has 0 saturated carbocycles. The minimum atomic E-state index is 0.850. The van der Waals surface area contributed by atoms with Gasteiger partial charge in [-0.3, -0.25) is 0 Å². The highest BCUT2D eigenvalue weighted by molar-refractivity contribution is 5.08. The van der Waals surface area contributed by atoms with E-state index in [0.29, 0.717) is 0 Å². The van der Waals surface area contributed by atoms with Crippen molar-refractivity contribution in [1.82, 2.24) is 0 Å². The van der Waals surface area contributed by atoms with Crippen LogP contribution < -0.4 is 0 Å². The van der Waals surface area contributed by atoms with Crippen LogP contribution in [0.5, 0.6) is 0 Å². The highest BCUT2D eigenvalue weighted by atomic mass is 14.2. The molecule has 0 aromatic heterocycles. The van der Waals surface area contributed by atoms with Crippen LogP contribution in [-0.4, -0.2) is 0 Å². The normalized spacial score (nSPS) is 22.2. The van der Waals surface area contributed by atoms with Crippen LogP contribution in [0.2, 0.25) is 0 Å². The molecule has 0 N–H and O–H groups in total. The molecule has 2 unspecified atom stereocenters. The first-order chi connectivity index (χ1) is 7.74. The van der Waals surface area contributed by atoms with Gasteiger partial charge in [0.05, 0.1) is 0 Å². The van der Waals surface area contributed by atoms with E-state index >= 15 is 0 Å². The van der Waals surface area contributed by atoms with Crippen LogP contribution >= 0.6 is 0 Å². The van der Waals surface area contributed by atoms with Crippen molar-refractivity contribution in [2.24, 2.45) is 11.8 Å². The minimum Gasteiger partial charge on any atom is -0.0822 e. The predicted molar refractivity (Wildman–Crippen MR) is 80.0 cm³/mol. The van der Waals surface area contributed by atoms with E-state index in [1.165, 1.54) is 19.3 Å². The van der Waals surface area contributed by atoms with Crippen LogP contribution in [-0.2, 0) is 0 Å². The van der Waals surface area contributed by atoms with Crippen molar-refractivity contribution in [1.29, 1.82) is 0 Å². The van der Waals surface area contributed by atoms with Crippen LogP contribution in [0.3, 0.4) is 0 Å². The van der Waals surface area contributed by atoms with Crippen LogP contribution in [0.1, 0.15) is 81.6 Å². The summed E-state index contributed by atoms with van der Waals surface area (Å²) in [5, 5.41) is 0. The number of hydrogen-bond acceptors (Lipinski definition) is 0. The molecule has 0 heteroatoms. The molecule has 1 aliphatic carbocycles. The lowest BCUT2D eigenvalue weighted by Crippen LogP contribution is -2.09. The van der Waals surface area contributed by atoms with Gasteiger partial charge in [-0.1, -0.05) is 67.0 Å². The highest BCUT2D eigenvalue weighted by Crippen LogP contribution is 2.28. The zero-order valence-corrected chi connectivity index (χ0v) is 13.4. The van der Waals surface area contributed by atoms with Gasteiger partial charge < -0.3 is 0 Å². The third-order valence-corrected chi connectivity index (χ3v) is 2.77. The fourth-order valence-electron chi connectivity index (χ4n) is 1.63. The van der Waals surface area contributed by atoms with Gasteiger partial charge >= 0.3 is 0 Å². The largest absolute Gasteiger partial charge is 0.0822 e. The summed E-state index contributed by atoms with van der Waals surface area (Å²) in [5.41, 5.74) is 1.61. The van der Waals surface area contributed by atoms with Crippen molar-refractivity contribution in [3.8, 4) is 0 Å². The number of hydrogen-bond donors (Lipinski definition) is 0. The quantitative estimate of drug-likeness (QED) is 0.451. The maximum Gasteiger partial charge on any atom is -0.0233 e. The van der Waals surface area contributed by atoms with Crippen molar-refractivity contribution >= 4 is 0 Å². The summed E-state index contributed by atoms with van der Waals surface area (Å²) in [6.45, 7) is 18.9. The standard InChI is InChI=1S/C10H18.3C2H6/c1-4-10-6-5-8(2)9(3)7-10;3*1-2/h7-8,10H,4-6H2,1-3H3;3*1-2H3. The first kappa shape index (κ1) is 21.1.